The second-order valence-electron chi connectivity index (χ2n) is 8.63. The molecule has 0 aliphatic carbocycles. The quantitative estimate of drug-likeness (QED) is 0.341. The predicted molar refractivity (Wildman–Crippen MR) is 137 cm³/mol. The van der Waals surface area contributed by atoms with Gasteiger partial charge in [0.1, 0.15) is 19.3 Å². The first kappa shape index (κ1) is 22.2. The summed E-state index contributed by atoms with van der Waals surface area (Å²) in [5, 5.41) is 14.3. The van der Waals surface area contributed by atoms with Crippen LogP contribution in [0.1, 0.15) is 12.0 Å². The summed E-state index contributed by atoms with van der Waals surface area (Å²) in [6, 6.07) is 17.5. The third-order valence-electron chi connectivity index (χ3n) is 6.44. The van der Waals surface area contributed by atoms with E-state index in [4.69, 9.17) is 21.1 Å². The first-order chi connectivity index (χ1) is 17.1. The summed E-state index contributed by atoms with van der Waals surface area (Å²) in [5.41, 5.74) is 3.68. The molecule has 9 heteroatoms. The Morgan fingerprint density at radius 3 is 2.80 bits per heavy atom. The third-order valence-corrected chi connectivity index (χ3v) is 7.66. The molecule has 1 aromatic heterocycles. The second-order valence-corrected chi connectivity index (χ2v) is 9.81. The minimum absolute atomic E-state index is 0.381. The van der Waals surface area contributed by atoms with Crippen LogP contribution in [-0.2, 0) is 11.3 Å². The zero-order chi connectivity index (χ0) is 23.9. The summed E-state index contributed by atoms with van der Waals surface area (Å²) < 4.78 is 17.0. The number of aliphatic carboxylic acids is 1. The fraction of sp³-hybridized carbons (Fsp3) is 0.231. The number of aromatic nitrogens is 1. The maximum absolute atomic E-state index is 11.3. The molecule has 2 aliphatic heterocycles. The number of benzene rings is 3. The fourth-order valence-corrected chi connectivity index (χ4v) is 5.59. The van der Waals surface area contributed by atoms with E-state index >= 15 is 0 Å². The first-order valence-electron chi connectivity index (χ1n) is 11.4. The van der Waals surface area contributed by atoms with Crippen LogP contribution < -0.4 is 14.8 Å². The van der Waals surface area contributed by atoms with Crippen LogP contribution in [0.15, 0.2) is 54.6 Å². The summed E-state index contributed by atoms with van der Waals surface area (Å²) in [6.07, 6.45) is 0.707. The number of fused-ring (bicyclic) bond motifs is 2. The van der Waals surface area contributed by atoms with Crippen molar-refractivity contribution >= 4 is 50.7 Å². The molecule has 6 rings (SSSR count). The van der Waals surface area contributed by atoms with Crippen LogP contribution >= 0.6 is 23.1 Å². The first-order valence-corrected chi connectivity index (χ1v) is 12.5. The lowest BCUT2D eigenvalue weighted by Crippen LogP contribution is -2.51. The maximum Gasteiger partial charge on any atom is 0.320 e. The van der Waals surface area contributed by atoms with Crippen molar-refractivity contribution in [1.82, 2.24) is 9.27 Å². The molecule has 1 atom stereocenters. The number of hydrogen-bond acceptors (Lipinski definition) is 7. The highest BCUT2D eigenvalue weighted by Crippen LogP contribution is 2.40. The van der Waals surface area contributed by atoms with Gasteiger partial charge in [0.25, 0.3) is 0 Å². The Balaban J connectivity index is 1.24. The van der Waals surface area contributed by atoms with Gasteiger partial charge < -0.3 is 19.9 Å². The van der Waals surface area contributed by atoms with Gasteiger partial charge in [-0.25, -0.2) is 0 Å². The molecule has 1 unspecified atom stereocenters. The normalized spacial score (nSPS) is 17.2. The van der Waals surface area contributed by atoms with E-state index in [-0.39, 0.29) is 6.04 Å². The number of nitrogens with zero attached hydrogens (tertiary/aromatic N) is 2. The number of rotatable bonds is 6. The van der Waals surface area contributed by atoms with Gasteiger partial charge in [0.05, 0.1) is 15.4 Å². The molecular formula is C26H22ClN3O4S. The highest BCUT2D eigenvalue weighted by molar-refractivity contribution is 7.13. The van der Waals surface area contributed by atoms with Crippen molar-refractivity contribution in [2.24, 2.45) is 0 Å². The minimum atomic E-state index is -0.753. The van der Waals surface area contributed by atoms with Crippen LogP contribution in [0.25, 0.3) is 21.2 Å². The largest absolute Gasteiger partial charge is 0.486 e. The van der Waals surface area contributed by atoms with Crippen LogP contribution in [-0.4, -0.2) is 46.1 Å². The van der Waals surface area contributed by atoms with Crippen molar-refractivity contribution in [3.05, 3.63) is 65.2 Å². The van der Waals surface area contributed by atoms with Crippen LogP contribution in [0.2, 0.25) is 5.02 Å². The van der Waals surface area contributed by atoms with Gasteiger partial charge in [-0.3, -0.25) is 9.69 Å². The van der Waals surface area contributed by atoms with Gasteiger partial charge in [0.2, 0.25) is 0 Å². The molecule has 0 amide bonds. The van der Waals surface area contributed by atoms with Crippen LogP contribution in [0, 0.1) is 0 Å². The van der Waals surface area contributed by atoms with E-state index in [1.165, 1.54) is 11.5 Å². The van der Waals surface area contributed by atoms with E-state index in [0.29, 0.717) is 31.2 Å². The van der Waals surface area contributed by atoms with E-state index in [2.05, 4.69) is 15.8 Å². The summed E-state index contributed by atoms with van der Waals surface area (Å²) in [6.45, 7) is 2.51. The number of likely N-dealkylation sites (tertiary alicyclic amines) is 1. The average molecular weight is 508 g/mol. The number of carboxylic acid groups (broad SMARTS) is 1. The Hall–Kier alpha value is -3.33. The van der Waals surface area contributed by atoms with Gasteiger partial charge in [-0.2, -0.15) is 4.37 Å². The van der Waals surface area contributed by atoms with Gasteiger partial charge in [-0.1, -0.05) is 35.9 Å². The molecule has 0 bridgehead atoms. The number of hydrogen-bond donors (Lipinski definition) is 2. The van der Waals surface area contributed by atoms with Crippen molar-refractivity contribution in [3.8, 4) is 22.6 Å². The molecule has 3 heterocycles. The van der Waals surface area contributed by atoms with Crippen molar-refractivity contribution in [2.75, 3.05) is 25.1 Å². The van der Waals surface area contributed by atoms with Crippen LogP contribution in [0.5, 0.6) is 11.5 Å². The molecule has 1 fully saturated rings. The number of ether oxygens (including phenoxy) is 2. The van der Waals surface area contributed by atoms with Gasteiger partial charge >= 0.3 is 5.97 Å². The van der Waals surface area contributed by atoms with E-state index < -0.39 is 5.97 Å². The summed E-state index contributed by atoms with van der Waals surface area (Å²) in [5.74, 6) is 1.45. The monoisotopic (exact) mass is 507 g/mol. The third kappa shape index (κ3) is 4.18. The molecule has 0 radical (unpaired) electrons. The Morgan fingerprint density at radius 1 is 1.14 bits per heavy atom. The highest BCUT2D eigenvalue weighted by Gasteiger charge is 2.33. The molecule has 4 aromatic rings. The smallest absolute Gasteiger partial charge is 0.320 e. The Morgan fingerprint density at radius 2 is 2.00 bits per heavy atom. The zero-order valence-electron chi connectivity index (χ0n) is 18.7. The van der Waals surface area contributed by atoms with Crippen molar-refractivity contribution in [3.63, 3.8) is 0 Å². The van der Waals surface area contributed by atoms with E-state index in [0.717, 1.165) is 56.3 Å². The molecule has 2 aliphatic rings. The number of halogens is 1. The SMILES string of the molecule is O=C(O)C1CCN1Cc1ccc2c(Nc3cccc(-c4ccc5c(c4)OCCO5)c3Cl)nsc2c1. The maximum atomic E-state index is 11.3. The summed E-state index contributed by atoms with van der Waals surface area (Å²) in [4.78, 5) is 13.3. The lowest BCUT2D eigenvalue weighted by Gasteiger charge is -2.37. The number of nitrogens with one attached hydrogen (secondary N) is 1. The minimum Gasteiger partial charge on any atom is -0.486 e. The van der Waals surface area contributed by atoms with Crippen molar-refractivity contribution in [1.29, 1.82) is 0 Å². The molecule has 2 N–H and O–H groups in total. The highest BCUT2D eigenvalue weighted by atomic mass is 35.5. The number of carbonyl (C=O) groups is 1. The zero-order valence-corrected chi connectivity index (χ0v) is 20.2. The summed E-state index contributed by atoms with van der Waals surface area (Å²) in [7, 11) is 0. The van der Waals surface area contributed by atoms with E-state index in [1.807, 2.05) is 53.4 Å². The number of carboxylic acids is 1. The lowest BCUT2D eigenvalue weighted by molar-refractivity contribution is -0.148. The molecule has 7 nitrogen and oxygen atoms in total. The Bertz CT molecular complexity index is 1440. The molecule has 35 heavy (non-hydrogen) atoms. The predicted octanol–water partition coefficient (Wildman–Crippen LogP) is 5.79. The van der Waals surface area contributed by atoms with Gasteiger partial charge in [0.15, 0.2) is 17.3 Å². The standard InChI is InChI=1S/C26H22ClN3O4S/c27-24-17(16-5-7-21-22(13-16)34-11-10-33-21)2-1-3-19(24)28-25-18-6-4-15(12-23(18)35-29-25)14-30-9-8-20(30)26(31)32/h1-7,12-13,20H,8-11,14H2,(H,28,29)(H,31,32). The molecule has 1 saturated heterocycles. The molecule has 0 spiro atoms. The average Bonchev–Trinajstić information content (AvgIpc) is 3.24. The topological polar surface area (TPSA) is 83.9 Å². The second kappa shape index (κ2) is 9.03. The number of anilines is 2. The van der Waals surface area contributed by atoms with E-state index in [1.54, 1.807) is 0 Å². The molecular weight excluding hydrogens is 486 g/mol. The lowest BCUT2D eigenvalue weighted by atomic mass is 10.0. The Kier molecular flexibility index (Phi) is 5.72. The molecule has 3 aromatic carbocycles. The molecule has 0 saturated carbocycles. The summed E-state index contributed by atoms with van der Waals surface area (Å²) >= 11 is 8.23. The van der Waals surface area contributed by atoms with Crippen molar-refractivity contribution in [2.45, 2.75) is 19.0 Å². The van der Waals surface area contributed by atoms with Gasteiger partial charge in [0, 0.05) is 24.0 Å². The van der Waals surface area contributed by atoms with Crippen LogP contribution in [0.4, 0.5) is 11.5 Å². The van der Waals surface area contributed by atoms with Gasteiger partial charge in [-0.15, -0.1) is 0 Å². The van der Waals surface area contributed by atoms with E-state index in [9.17, 15) is 9.90 Å². The van der Waals surface area contributed by atoms with Crippen molar-refractivity contribution < 1.29 is 19.4 Å². The van der Waals surface area contributed by atoms with Gasteiger partial charge in [-0.05, 0) is 59.4 Å². The van der Waals surface area contributed by atoms with Crippen LogP contribution in [0.3, 0.4) is 0 Å². The molecule has 178 valence electrons. The Labute approximate surface area is 211 Å². The fourth-order valence-electron chi connectivity index (χ4n) is 4.50.